The van der Waals surface area contributed by atoms with Gasteiger partial charge in [0.15, 0.2) is 5.78 Å². The van der Waals surface area contributed by atoms with Gasteiger partial charge in [-0.15, -0.1) is 0 Å². The number of ketones is 1. The Balaban J connectivity index is 1.40. The lowest BCUT2D eigenvalue weighted by Gasteiger charge is -2.10. The number of anilines is 1. The van der Waals surface area contributed by atoms with Crippen molar-refractivity contribution in [2.24, 2.45) is 0 Å². The minimum atomic E-state index is -0.592. The highest BCUT2D eigenvalue weighted by molar-refractivity contribution is 6.22. The first-order valence-electron chi connectivity index (χ1n) is 9.09. The zero-order valence-electron chi connectivity index (χ0n) is 15.3. The van der Waals surface area contributed by atoms with E-state index >= 15 is 0 Å². The molecule has 0 bridgehead atoms. The quantitative estimate of drug-likeness (QED) is 0.513. The van der Waals surface area contributed by atoms with Gasteiger partial charge in [0.2, 0.25) is 0 Å². The second-order valence-electron chi connectivity index (χ2n) is 6.59. The molecule has 0 aliphatic heterocycles. The molecule has 1 amide bonds. The number of rotatable bonds is 5. The average Bonchev–Trinajstić information content (AvgIpc) is 3.03. The molecule has 4 rings (SSSR count). The maximum Gasteiger partial charge on any atom is 0.251 e. The Bertz CT molecular complexity index is 1180. The number of hydrogen-bond donors (Lipinski definition) is 2. The molecule has 3 aromatic rings. The van der Waals surface area contributed by atoms with E-state index in [1.165, 1.54) is 12.1 Å². The molecule has 2 N–H and O–H groups in total. The standard InChI is InChI=1S/C23H16FN3O2/c24-20-6-3-7-21(19(20)13-25)26-10-11-27-23(29)14-8-9-16-15-4-1-2-5-17(15)22(28)18(16)12-14/h1-9,12,26H,10-11H2,(H,27,29). The van der Waals surface area contributed by atoms with E-state index in [1.807, 2.05) is 24.3 Å². The summed E-state index contributed by atoms with van der Waals surface area (Å²) in [6, 6.07) is 18.6. The molecule has 0 aromatic heterocycles. The SMILES string of the molecule is N#Cc1c(F)cccc1NCCNC(=O)c1ccc2c(c1)C(=O)c1ccccc1-2. The van der Waals surface area contributed by atoms with Gasteiger partial charge in [-0.1, -0.05) is 36.4 Å². The Morgan fingerprint density at radius 2 is 1.69 bits per heavy atom. The van der Waals surface area contributed by atoms with Crippen LogP contribution < -0.4 is 10.6 Å². The first kappa shape index (κ1) is 18.4. The summed E-state index contributed by atoms with van der Waals surface area (Å²) in [5.74, 6) is -0.981. The number of nitriles is 1. The third kappa shape index (κ3) is 3.34. The Hall–Kier alpha value is -3.98. The molecule has 1 aliphatic carbocycles. The molecule has 142 valence electrons. The number of nitrogens with one attached hydrogen (secondary N) is 2. The third-order valence-corrected chi connectivity index (χ3v) is 4.84. The molecule has 0 unspecified atom stereocenters. The Labute approximate surface area is 166 Å². The molecule has 5 nitrogen and oxygen atoms in total. The Morgan fingerprint density at radius 3 is 2.48 bits per heavy atom. The monoisotopic (exact) mass is 385 g/mol. The largest absolute Gasteiger partial charge is 0.382 e. The van der Waals surface area contributed by atoms with Crippen molar-refractivity contribution in [2.45, 2.75) is 0 Å². The van der Waals surface area contributed by atoms with Crippen molar-refractivity contribution in [3.05, 3.63) is 88.7 Å². The summed E-state index contributed by atoms with van der Waals surface area (Å²) in [6.07, 6.45) is 0. The van der Waals surface area contributed by atoms with Gasteiger partial charge in [-0.2, -0.15) is 5.26 Å². The van der Waals surface area contributed by atoms with Crippen LogP contribution in [0, 0.1) is 17.1 Å². The summed E-state index contributed by atoms with van der Waals surface area (Å²) in [7, 11) is 0. The van der Waals surface area contributed by atoms with E-state index in [9.17, 15) is 14.0 Å². The van der Waals surface area contributed by atoms with E-state index in [0.29, 0.717) is 28.9 Å². The second kappa shape index (κ2) is 7.56. The molecule has 1 aliphatic rings. The van der Waals surface area contributed by atoms with Crippen LogP contribution in [0.25, 0.3) is 11.1 Å². The number of hydrogen-bond acceptors (Lipinski definition) is 4. The van der Waals surface area contributed by atoms with Crippen LogP contribution in [0.1, 0.15) is 31.8 Å². The molecule has 0 atom stereocenters. The van der Waals surface area contributed by atoms with Crippen LogP contribution in [0.4, 0.5) is 10.1 Å². The van der Waals surface area contributed by atoms with E-state index in [2.05, 4.69) is 10.6 Å². The number of carbonyl (C=O) groups excluding carboxylic acids is 2. The van der Waals surface area contributed by atoms with Crippen LogP contribution in [0.2, 0.25) is 0 Å². The number of amides is 1. The molecule has 6 heteroatoms. The van der Waals surface area contributed by atoms with E-state index in [4.69, 9.17) is 5.26 Å². The normalized spacial score (nSPS) is 11.4. The van der Waals surface area contributed by atoms with E-state index in [0.717, 1.165) is 11.1 Å². The minimum Gasteiger partial charge on any atom is -0.382 e. The molecular weight excluding hydrogens is 369 g/mol. The van der Waals surface area contributed by atoms with Gasteiger partial charge in [0.1, 0.15) is 17.4 Å². The van der Waals surface area contributed by atoms with Gasteiger partial charge >= 0.3 is 0 Å². The van der Waals surface area contributed by atoms with E-state index < -0.39 is 5.82 Å². The number of carbonyl (C=O) groups is 2. The predicted octanol–water partition coefficient (Wildman–Crippen LogP) is 3.75. The maximum absolute atomic E-state index is 13.6. The van der Waals surface area contributed by atoms with Crippen LogP contribution in [-0.2, 0) is 0 Å². The van der Waals surface area contributed by atoms with Gasteiger partial charge in [-0.3, -0.25) is 9.59 Å². The lowest BCUT2D eigenvalue weighted by molar-refractivity contribution is 0.0955. The van der Waals surface area contributed by atoms with Crippen molar-refractivity contribution in [1.82, 2.24) is 5.32 Å². The average molecular weight is 385 g/mol. The van der Waals surface area contributed by atoms with Crippen LogP contribution >= 0.6 is 0 Å². The molecule has 0 fully saturated rings. The zero-order valence-corrected chi connectivity index (χ0v) is 15.3. The van der Waals surface area contributed by atoms with Crippen molar-refractivity contribution in [3.63, 3.8) is 0 Å². The van der Waals surface area contributed by atoms with Crippen LogP contribution in [0.15, 0.2) is 60.7 Å². The van der Waals surface area contributed by atoms with E-state index in [1.54, 1.807) is 30.3 Å². The van der Waals surface area contributed by atoms with Gasteiger partial charge in [-0.05, 0) is 35.4 Å². The van der Waals surface area contributed by atoms with Gasteiger partial charge in [0.25, 0.3) is 5.91 Å². The van der Waals surface area contributed by atoms with Gasteiger partial charge < -0.3 is 10.6 Å². The molecule has 3 aromatic carbocycles. The summed E-state index contributed by atoms with van der Waals surface area (Å²) in [5.41, 5.74) is 3.60. The summed E-state index contributed by atoms with van der Waals surface area (Å²) >= 11 is 0. The fourth-order valence-corrected chi connectivity index (χ4v) is 3.43. The highest BCUT2D eigenvalue weighted by Gasteiger charge is 2.26. The zero-order chi connectivity index (χ0) is 20.4. The van der Waals surface area contributed by atoms with Crippen LogP contribution in [0.3, 0.4) is 0 Å². The number of halogens is 1. The molecule has 0 radical (unpaired) electrons. The van der Waals surface area contributed by atoms with Crippen molar-refractivity contribution in [1.29, 1.82) is 5.26 Å². The minimum absolute atomic E-state index is 0.0597. The first-order chi connectivity index (χ1) is 14.1. The van der Waals surface area contributed by atoms with Gasteiger partial charge in [0, 0.05) is 29.8 Å². The predicted molar refractivity (Wildman–Crippen MR) is 107 cm³/mol. The van der Waals surface area contributed by atoms with Crippen molar-refractivity contribution >= 4 is 17.4 Å². The van der Waals surface area contributed by atoms with Crippen molar-refractivity contribution in [2.75, 3.05) is 18.4 Å². The van der Waals surface area contributed by atoms with Crippen LogP contribution in [0.5, 0.6) is 0 Å². The lowest BCUT2D eigenvalue weighted by Crippen LogP contribution is -2.29. The molecule has 0 heterocycles. The number of fused-ring (bicyclic) bond motifs is 3. The molecule has 0 saturated heterocycles. The Morgan fingerprint density at radius 1 is 0.931 bits per heavy atom. The highest BCUT2D eigenvalue weighted by atomic mass is 19.1. The topological polar surface area (TPSA) is 82.0 Å². The summed E-state index contributed by atoms with van der Waals surface area (Å²) in [6.45, 7) is 0.588. The smallest absolute Gasteiger partial charge is 0.251 e. The van der Waals surface area contributed by atoms with E-state index in [-0.39, 0.29) is 23.8 Å². The third-order valence-electron chi connectivity index (χ3n) is 4.84. The summed E-state index contributed by atoms with van der Waals surface area (Å²) in [4.78, 5) is 25.0. The fourth-order valence-electron chi connectivity index (χ4n) is 3.43. The van der Waals surface area contributed by atoms with Gasteiger partial charge in [-0.25, -0.2) is 4.39 Å². The summed E-state index contributed by atoms with van der Waals surface area (Å²) in [5, 5.41) is 14.7. The maximum atomic E-state index is 13.6. The van der Waals surface area contributed by atoms with Crippen LogP contribution in [-0.4, -0.2) is 24.8 Å². The number of nitrogens with zero attached hydrogens (tertiary/aromatic N) is 1. The Kier molecular flexibility index (Phi) is 4.80. The van der Waals surface area contributed by atoms with Crippen molar-refractivity contribution < 1.29 is 14.0 Å². The van der Waals surface area contributed by atoms with Crippen molar-refractivity contribution in [3.8, 4) is 17.2 Å². The molecule has 0 spiro atoms. The molecule has 0 saturated carbocycles. The second-order valence-corrected chi connectivity index (χ2v) is 6.59. The molecule has 29 heavy (non-hydrogen) atoms. The summed E-state index contributed by atoms with van der Waals surface area (Å²) < 4.78 is 13.6. The molecular formula is C23H16FN3O2. The lowest BCUT2D eigenvalue weighted by atomic mass is 10.0. The fraction of sp³-hybridized carbons (Fsp3) is 0.0870. The van der Waals surface area contributed by atoms with Gasteiger partial charge in [0.05, 0.1) is 5.69 Å². The number of benzene rings is 3. The first-order valence-corrected chi connectivity index (χ1v) is 9.09. The highest BCUT2D eigenvalue weighted by Crippen LogP contribution is 2.36.